The van der Waals surface area contributed by atoms with Gasteiger partial charge in [-0.3, -0.25) is 24.3 Å². The lowest BCUT2D eigenvalue weighted by atomic mass is 9.73. The Kier molecular flexibility index (Phi) is 12.5. The summed E-state index contributed by atoms with van der Waals surface area (Å²) in [6, 6.07) is 0. The van der Waals surface area contributed by atoms with Crippen molar-refractivity contribution in [1.29, 1.82) is 0 Å². The number of likely N-dealkylation sites (tertiary alicyclic amines) is 1. The van der Waals surface area contributed by atoms with E-state index < -0.39 is 53.1 Å². The number of allylic oxidation sites excluding steroid dienone is 5. The van der Waals surface area contributed by atoms with Crippen molar-refractivity contribution in [2.45, 2.75) is 125 Å². The maximum atomic E-state index is 14.9. The molecule has 1 spiro atoms. The number of phenolic OH excluding ortho intramolecular Hbond substituents is 1. The van der Waals surface area contributed by atoms with Gasteiger partial charge < -0.3 is 40.1 Å². The van der Waals surface area contributed by atoms with Crippen LogP contribution in [-0.4, -0.2) is 96.8 Å². The van der Waals surface area contributed by atoms with Crippen LogP contribution in [0, 0.1) is 42.4 Å². The molecule has 0 aromatic heterocycles. The van der Waals surface area contributed by atoms with E-state index in [1.165, 1.54) is 18.1 Å². The summed E-state index contributed by atoms with van der Waals surface area (Å²) in [6.07, 6.45) is 6.34. The van der Waals surface area contributed by atoms with Crippen LogP contribution in [0.1, 0.15) is 122 Å². The zero-order valence-electron chi connectivity index (χ0n) is 36.5. The first-order valence-corrected chi connectivity index (χ1v) is 21.2. The molecule has 5 bridgehead atoms. The van der Waals surface area contributed by atoms with Gasteiger partial charge in [-0.15, -0.1) is 0 Å². The summed E-state index contributed by atoms with van der Waals surface area (Å²) in [5, 5.41) is 49.3. The summed E-state index contributed by atoms with van der Waals surface area (Å²) in [5.41, 5.74) is -0.408. The van der Waals surface area contributed by atoms with Crippen molar-refractivity contribution in [2.75, 3.05) is 19.6 Å². The molecule has 322 valence electrons. The molecule has 5 aliphatic heterocycles. The Morgan fingerprint density at radius 1 is 1.00 bits per heavy atom. The minimum atomic E-state index is -1.70. The number of amides is 2. The highest BCUT2D eigenvalue weighted by molar-refractivity contribution is 6.32. The van der Waals surface area contributed by atoms with Crippen LogP contribution < -0.4 is 10.1 Å². The maximum absolute atomic E-state index is 14.9. The lowest BCUT2D eigenvalue weighted by Gasteiger charge is -2.43. The van der Waals surface area contributed by atoms with E-state index in [1.807, 2.05) is 26.8 Å². The Morgan fingerprint density at radius 2 is 1.66 bits per heavy atom. The predicted molar refractivity (Wildman–Crippen MR) is 224 cm³/mol. The molecule has 13 nitrogen and oxygen atoms in total. The Balaban J connectivity index is 1.53. The number of fused-ring (bicyclic) bond motifs is 13. The largest absolute Gasteiger partial charge is 0.507 e. The SMILES string of the molecule is CC(=O)N1C2=C3NC(=O)/C(C)=C\C=C\CC(O)C(C)C(O)C(C)C(C)C(C)C(C)/C=C/OC4(C)Oc5c(C)c(O)c(c(c5C4O)C2=NC12CCN(CC(C)C)CC2)C3=O. The normalized spacial score (nSPS) is 34.8. The lowest BCUT2D eigenvalue weighted by Crippen LogP contribution is -2.54. The van der Waals surface area contributed by atoms with Gasteiger partial charge in [0.05, 0.1) is 35.4 Å². The number of nitrogens with one attached hydrogen (secondary N) is 1. The van der Waals surface area contributed by atoms with E-state index >= 15 is 0 Å². The van der Waals surface area contributed by atoms with Gasteiger partial charge in [-0.2, -0.15) is 0 Å². The van der Waals surface area contributed by atoms with E-state index in [9.17, 15) is 34.8 Å². The molecule has 5 heterocycles. The monoisotopic (exact) mass is 816 g/mol. The zero-order chi connectivity index (χ0) is 43.5. The number of ether oxygens (including phenoxy) is 2. The first-order chi connectivity index (χ1) is 27.7. The highest BCUT2D eigenvalue weighted by Gasteiger charge is 2.57. The van der Waals surface area contributed by atoms with Crippen LogP contribution in [0.25, 0.3) is 0 Å². The molecule has 1 fully saturated rings. The van der Waals surface area contributed by atoms with Crippen LogP contribution in [0.2, 0.25) is 0 Å². The lowest BCUT2D eigenvalue weighted by molar-refractivity contribution is -0.181. The van der Waals surface area contributed by atoms with Crippen LogP contribution in [0.4, 0.5) is 0 Å². The molecule has 13 heteroatoms. The summed E-state index contributed by atoms with van der Waals surface area (Å²) in [6.45, 7) is 22.6. The zero-order valence-corrected chi connectivity index (χ0v) is 36.5. The van der Waals surface area contributed by atoms with E-state index in [4.69, 9.17) is 14.5 Å². The minimum absolute atomic E-state index is 0.0288. The number of Topliss-reactive ketones (excluding diaryl/α,β-unsaturated/α-hetero) is 1. The Labute approximate surface area is 348 Å². The van der Waals surface area contributed by atoms with Crippen LogP contribution in [0.15, 0.2) is 52.5 Å². The van der Waals surface area contributed by atoms with E-state index in [1.54, 1.807) is 39.0 Å². The predicted octanol–water partition coefficient (Wildman–Crippen LogP) is 5.80. The van der Waals surface area contributed by atoms with Gasteiger partial charge in [-0.1, -0.05) is 66.7 Å². The highest BCUT2D eigenvalue weighted by Crippen LogP contribution is 2.55. The van der Waals surface area contributed by atoms with Crippen molar-refractivity contribution in [3.63, 3.8) is 0 Å². The Bertz CT molecular complexity index is 2020. The average Bonchev–Trinajstić information content (AvgIpc) is 3.65. The van der Waals surface area contributed by atoms with Crippen molar-refractivity contribution in [3.8, 4) is 11.5 Å². The first kappa shape index (κ1) is 44.3. The number of aliphatic hydroxyl groups is 3. The number of aliphatic hydroxyl groups excluding tert-OH is 3. The van der Waals surface area contributed by atoms with Gasteiger partial charge in [0.2, 0.25) is 11.7 Å². The number of benzene rings is 1. The number of ketones is 1. The summed E-state index contributed by atoms with van der Waals surface area (Å²) >= 11 is 0. The molecule has 0 saturated carbocycles. The quantitative estimate of drug-likeness (QED) is 0.245. The van der Waals surface area contributed by atoms with Crippen LogP contribution >= 0.6 is 0 Å². The standard InChI is InChI=1S/C46H64N4O9/c1-23(2)22-49-19-17-46(18-20-49)48-36-33-34-40(54)30(9)42-35(33)43(56)45(11,59-42)58-21-16-24(3)26(5)27(6)28(7)39(53)29(8)32(52)15-13-12-14-25(4)44(57)47-37(41(34)55)38(36)50(46)31(10)51/h12-14,16,21,23-24,26-29,32,39,43,52-54,56H,15,17-20,22H2,1-11H3,(H,47,57)/b13-12+,21-16+,25-14-. The van der Waals surface area contributed by atoms with Crippen LogP contribution in [-0.2, 0) is 14.3 Å². The number of hydrogen-bond acceptors (Lipinski definition) is 11. The van der Waals surface area contributed by atoms with E-state index in [-0.39, 0.29) is 86.7 Å². The third kappa shape index (κ3) is 7.79. The molecule has 7 rings (SSSR count). The molecule has 59 heavy (non-hydrogen) atoms. The molecule has 5 N–H and O–H groups in total. The van der Waals surface area contributed by atoms with Gasteiger partial charge in [0.1, 0.15) is 22.9 Å². The maximum Gasteiger partial charge on any atom is 0.277 e. The van der Waals surface area contributed by atoms with Crippen molar-refractivity contribution < 1.29 is 44.3 Å². The molecule has 0 radical (unpaired) electrons. The second kappa shape index (κ2) is 16.6. The molecule has 1 saturated heterocycles. The van der Waals surface area contributed by atoms with Crippen molar-refractivity contribution >= 4 is 23.3 Å². The molecular formula is C46H64N4O9. The third-order valence-corrected chi connectivity index (χ3v) is 13.8. The number of piperidine rings is 1. The summed E-state index contributed by atoms with van der Waals surface area (Å²) in [4.78, 5) is 51.9. The summed E-state index contributed by atoms with van der Waals surface area (Å²) in [5.74, 6) is -3.76. The van der Waals surface area contributed by atoms with Crippen molar-refractivity contribution in [1.82, 2.24) is 15.1 Å². The molecule has 6 aliphatic rings. The summed E-state index contributed by atoms with van der Waals surface area (Å²) in [7, 11) is 0. The average molecular weight is 817 g/mol. The molecule has 2 amide bonds. The molecule has 1 aliphatic carbocycles. The molecule has 1 aromatic rings. The Morgan fingerprint density at radius 3 is 2.29 bits per heavy atom. The molecule has 9 atom stereocenters. The molecular weight excluding hydrogens is 753 g/mol. The van der Waals surface area contributed by atoms with E-state index in [0.717, 1.165) is 6.54 Å². The van der Waals surface area contributed by atoms with Gasteiger partial charge in [0, 0.05) is 74.5 Å². The van der Waals surface area contributed by atoms with E-state index in [0.29, 0.717) is 31.8 Å². The molecule has 1 aromatic carbocycles. The fourth-order valence-electron chi connectivity index (χ4n) is 9.49. The number of phenols is 1. The number of aliphatic imine (C=N–C) groups is 1. The second-order valence-corrected chi connectivity index (χ2v) is 18.3. The number of aromatic hydroxyl groups is 1. The molecule has 9 unspecified atom stereocenters. The number of rotatable bonds is 2. The number of carbonyl (C=O) groups excluding carboxylic acids is 3. The number of nitrogens with zero attached hydrogens (tertiary/aromatic N) is 3. The van der Waals surface area contributed by atoms with Crippen LogP contribution in [0.3, 0.4) is 0 Å². The van der Waals surface area contributed by atoms with Gasteiger partial charge in [-0.25, -0.2) is 0 Å². The third-order valence-electron chi connectivity index (χ3n) is 13.8. The minimum Gasteiger partial charge on any atom is -0.507 e. The number of carbonyl (C=O) groups is 3. The fraction of sp³-hybridized carbons (Fsp3) is 0.609. The van der Waals surface area contributed by atoms with Crippen molar-refractivity contribution in [3.05, 3.63) is 69.8 Å². The second-order valence-electron chi connectivity index (χ2n) is 18.3. The van der Waals surface area contributed by atoms with Gasteiger partial charge in [0.15, 0.2) is 6.10 Å². The summed E-state index contributed by atoms with van der Waals surface area (Å²) < 4.78 is 12.6. The number of hydrogen-bond donors (Lipinski definition) is 5. The smallest absolute Gasteiger partial charge is 0.277 e. The first-order valence-electron chi connectivity index (χ1n) is 21.2. The van der Waals surface area contributed by atoms with Gasteiger partial charge in [0.25, 0.3) is 11.7 Å². The highest BCUT2D eigenvalue weighted by atomic mass is 16.7. The van der Waals surface area contributed by atoms with E-state index in [2.05, 4.69) is 37.9 Å². The van der Waals surface area contributed by atoms with Crippen LogP contribution in [0.5, 0.6) is 11.5 Å². The van der Waals surface area contributed by atoms with Gasteiger partial charge in [-0.05, 0) is 55.9 Å². The van der Waals surface area contributed by atoms with Crippen molar-refractivity contribution in [2.24, 2.45) is 40.5 Å². The van der Waals surface area contributed by atoms with Gasteiger partial charge >= 0.3 is 0 Å². The Hall–Kier alpha value is -4.30. The topological polar surface area (TPSA) is 181 Å². The fourth-order valence-corrected chi connectivity index (χ4v) is 9.49.